The highest BCUT2D eigenvalue weighted by molar-refractivity contribution is 14.0. The van der Waals surface area contributed by atoms with Gasteiger partial charge in [0.05, 0.1) is 13.2 Å². The summed E-state index contributed by atoms with van der Waals surface area (Å²) in [5, 5.41) is 6.12. The monoisotopic (exact) mass is 488 g/mol. The Balaban J connectivity index is 0.00000364. The Morgan fingerprint density at radius 2 is 1.96 bits per heavy atom. The van der Waals surface area contributed by atoms with E-state index in [1.54, 1.807) is 7.05 Å². The fourth-order valence-electron chi connectivity index (χ4n) is 3.23. The van der Waals surface area contributed by atoms with Crippen LogP contribution in [0.5, 0.6) is 5.75 Å². The van der Waals surface area contributed by atoms with E-state index in [1.807, 2.05) is 25.1 Å². The molecular formula is C20H33IN4O2. The maximum absolute atomic E-state index is 11.6. The van der Waals surface area contributed by atoms with Crippen LogP contribution in [0.2, 0.25) is 0 Å². The van der Waals surface area contributed by atoms with E-state index in [-0.39, 0.29) is 29.9 Å². The summed E-state index contributed by atoms with van der Waals surface area (Å²) in [6.07, 6.45) is 2.67. The minimum Gasteiger partial charge on any atom is -0.494 e. The van der Waals surface area contributed by atoms with Gasteiger partial charge in [-0.1, -0.05) is 18.2 Å². The normalized spacial score (nSPS) is 15.1. The molecule has 0 aromatic heterocycles. The van der Waals surface area contributed by atoms with Crippen LogP contribution in [-0.2, 0) is 11.3 Å². The number of para-hydroxylation sites is 1. The summed E-state index contributed by atoms with van der Waals surface area (Å²) in [5.74, 6) is 2.44. The molecule has 0 spiro atoms. The van der Waals surface area contributed by atoms with E-state index in [1.165, 1.54) is 0 Å². The van der Waals surface area contributed by atoms with E-state index in [0.717, 1.165) is 49.7 Å². The molecule has 6 nitrogen and oxygen atoms in total. The Morgan fingerprint density at radius 1 is 1.26 bits per heavy atom. The molecule has 0 radical (unpaired) electrons. The first kappa shape index (κ1) is 23.5. The van der Waals surface area contributed by atoms with Crippen molar-refractivity contribution in [2.45, 2.75) is 39.7 Å². The van der Waals surface area contributed by atoms with Crippen LogP contribution in [0, 0.1) is 5.92 Å². The van der Waals surface area contributed by atoms with Gasteiger partial charge in [0.1, 0.15) is 5.75 Å². The van der Waals surface area contributed by atoms with E-state index in [4.69, 9.17) is 9.73 Å². The number of ether oxygens (including phenoxy) is 1. The molecule has 1 heterocycles. The smallest absolute Gasteiger partial charge is 0.220 e. The van der Waals surface area contributed by atoms with Crippen LogP contribution in [0.25, 0.3) is 0 Å². The minimum absolute atomic E-state index is 0. The average Bonchev–Trinajstić information content (AvgIpc) is 2.67. The van der Waals surface area contributed by atoms with Gasteiger partial charge in [0, 0.05) is 38.7 Å². The van der Waals surface area contributed by atoms with Gasteiger partial charge in [-0.25, -0.2) is 4.99 Å². The fourth-order valence-corrected chi connectivity index (χ4v) is 3.23. The maximum Gasteiger partial charge on any atom is 0.220 e. The zero-order valence-electron chi connectivity index (χ0n) is 16.7. The molecule has 1 saturated heterocycles. The third-order valence-electron chi connectivity index (χ3n) is 4.67. The molecule has 0 aliphatic carbocycles. The summed E-state index contributed by atoms with van der Waals surface area (Å²) in [5.41, 5.74) is 1.10. The Hall–Kier alpha value is -1.51. The van der Waals surface area contributed by atoms with Gasteiger partial charge < -0.3 is 20.3 Å². The molecule has 1 aromatic carbocycles. The van der Waals surface area contributed by atoms with Gasteiger partial charge in [-0.3, -0.25) is 4.79 Å². The zero-order valence-corrected chi connectivity index (χ0v) is 19.0. The van der Waals surface area contributed by atoms with Gasteiger partial charge in [-0.05, 0) is 38.7 Å². The summed E-state index contributed by atoms with van der Waals surface area (Å²) < 4.78 is 5.70. The number of piperidine rings is 1. The molecule has 0 saturated carbocycles. The molecule has 0 unspecified atom stereocenters. The number of carbonyl (C=O) groups excluding carboxylic acids is 1. The number of benzene rings is 1. The number of carbonyl (C=O) groups is 1. The van der Waals surface area contributed by atoms with Gasteiger partial charge in [0.2, 0.25) is 5.91 Å². The van der Waals surface area contributed by atoms with Crippen LogP contribution in [0.1, 0.15) is 38.7 Å². The Labute approximate surface area is 180 Å². The summed E-state index contributed by atoms with van der Waals surface area (Å²) in [4.78, 5) is 18.7. The number of nitrogens with zero attached hydrogens (tertiary/aromatic N) is 2. The van der Waals surface area contributed by atoms with Crippen molar-refractivity contribution in [3.05, 3.63) is 29.8 Å². The van der Waals surface area contributed by atoms with Crippen LogP contribution in [0.3, 0.4) is 0 Å². The van der Waals surface area contributed by atoms with Crippen molar-refractivity contribution < 1.29 is 9.53 Å². The molecular weight excluding hydrogens is 455 g/mol. The molecule has 7 heteroatoms. The number of hydrogen-bond donors (Lipinski definition) is 2. The second-order valence-electron chi connectivity index (χ2n) is 6.52. The number of amides is 1. The molecule has 152 valence electrons. The lowest BCUT2D eigenvalue weighted by Gasteiger charge is -2.34. The highest BCUT2D eigenvalue weighted by Gasteiger charge is 2.23. The molecule has 0 bridgehead atoms. The lowest BCUT2D eigenvalue weighted by atomic mass is 9.93. The first-order valence-electron chi connectivity index (χ1n) is 9.62. The lowest BCUT2D eigenvalue weighted by molar-refractivity contribution is -0.121. The number of nitrogens with one attached hydrogen (secondary N) is 2. The number of likely N-dealkylation sites (tertiary alicyclic amines) is 1. The Bertz CT molecular complexity index is 601. The SMILES string of the molecule is CCNC(=NCc1ccccc1OCC)N1CCC(CC(=O)NC)CC1.I. The van der Waals surface area contributed by atoms with E-state index in [0.29, 0.717) is 25.5 Å². The summed E-state index contributed by atoms with van der Waals surface area (Å²) >= 11 is 0. The number of rotatable bonds is 7. The molecule has 0 atom stereocenters. The quantitative estimate of drug-likeness (QED) is 0.352. The summed E-state index contributed by atoms with van der Waals surface area (Å²) in [6, 6.07) is 8.06. The molecule has 2 N–H and O–H groups in total. The van der Waals surface area contributed by atoms with Crippen LogP contribution in [-0.4, -0.2) is 50.1 Å². The Morgan fingerprint density at radius 3 is 2.59 bits per heavy atom. The number of hydrogen-bond acceptors (Lipinski definition) is 3. The molecule has 27 heavy (non-hydrogen) atoms. The fraction of sp³-hybridized carbons (Fsp3) is 0.600. The lowest BCUT2D eigenvalue weighted by Crippen LogP contribution is -2.46. The van der Waals surface area contributed by atoms with Crippen molar-refractivity contribution in [3.8, 4) is 5.75 Å². The molecule has 2 rings (SSSR count). The molecule has 1 amide bonds. The highest BCUT2D eigenvalue weighted by Crippen LogP contribution is 2.22. The zero-order chi connectivity index (χ0) is 18.8. The second-order valence-corrected chi connectivity index (χ2v) is 6.52. The van der Waals surface area contributed by atoms with Gasteiger partial charge in [0.15, 0.2) is 5.96 Å². The van der Waals surface area contributed by atoms with Gasteiger partial charge in [0.25, 0.3) is 0 Å². The second kappa shape index (κ2) is 12.8. The van der Waals surface area contributed by atoms with Gasteiger partial charge in [-0.2, -0.15) is 0 Å². The van der Waals surface area contributed by atoms with Crippen molar-refractivity contribution in [1.29, 1.82) is 0 Å². The average molecular weight is 488 g/mol. The van der Waals surface area contributed by atoms with E-state index in [9.17, 15) is 4.79 Å². The van der Waals surface area contributed by atoms with E-state index in [2.05, 4.69) is 28.5 Å². The molecule has 1 aliphatic rings. The van der Waals surface area contributed by atoms with Crippen molar-refractivity contribution in [3.63, 3.8) is 0 Å². The van der Waals surface area contributed by atoms with Crippen LogP contribution < -0.4 is 15.4 Å². The number of aliphatic imine (C=N–C) groups is 1. The van der Waals surface area contributed by atoms with E-state index < -0.39 is 0 Å². The third-order valence-corrected chi connectivity index (χ3v) is 4.67. The first-order chi connectivity index (χ1) is 12.7. The van der Waals surface area contributed by atoms with Crippen molar-refractivity contribution >= 4 is 35.8 Å². The van der Waals surface area contributed by atoms with Gasteiger partial charge >= 0.3 is 0 Å². The Kier molecular flexibility index (Phi) is 11.2. The van der Waals surface area contributed by atoms with Crippen molar-refractivity contribution in [1.82, 2.24) is 15.5 Å². The molecule has 1 fully saturated rings. The summed E-state index contributed by atoms with van der Waals surface area (Å²) in [6.45, 7) is 8.02. The van der Waals surface area contributed by atoms with Crippen molar-refractivity contribution in [2.75, 3.05) is 33.3 Å². The topological polar surface area (TPSA) is 66.0 Å². The maximum atomic E-state index is 11.6. The predicted molar refractivity (Wildman–Crippen MR) is 121 cm³/mol. The van der Waals surface area contributed by atoms with E-state index >= 15 is 0 Å². The highest BCUT2D eigenvalue weighted by atomic mass is 127. The van der Waals surface area contributed by atoms with Crippen LogP contribution >= 0.6 is 24.0 Å². The number of halogens is 1. The summed E-state index contributed by atoms with van der Waals surface area (Å²) in [7, 11) is 1.70. The first-order valence-corrected chi connectivity index (χ1v) is 9.62. The third kappa shape index (κ3) is 7.56. The van der Waals surface area contributed by atoms with Crippen molar-refractivity contribution in [2.24, 2.45) is 10.9 Å². The number of guanidine groups is 1. The van der Waals surface area contributed by atoms with Gasteiger partial charge in [-0.15, -0.1) is 24.0 Å². The van der Waals surface area contributed by atoms with Crippen LogP contribution in [0.15, 0.2) is 29.3 Å². The standard InChI is InChI=1S/C20H32N4O2.HI/c1-4-22-20(23-15-17-8-6-7-9-18(17)26-5-2)24-12-10-16(11-13-24)14-19(25)21-3;/h6-9,16H,4-5,10-15H2,1-3H3,(H,21,25)(H,22,23);1H. The molecule has 1 aromatic rings. The largest absolute Gasteiger partial charge is 0.494 e. The minimum atomic E-state index is 0. The predicted octanol–water partition coefficient (Wildman–Crippen LogP) is 3.02. The molecule has 1 aliphatic heterocycles. The van der Waals surface area contributed by atoms with Crippen LogP contribution in [0.4, 0.5) is 0 Å².